The lowest BCUT2D eigenvalue weighted by Gasteiger charge is -2.20. The van der Waals surface area contributed by atoms with Gasteiger partial charge < -0.3 is 11.1 Å². The summed E-state index contributed by atoms with van der Waals surface area (Å²) in [6, 6.07) is 2.56. The lowest BCUT2D eigenvalue weighted by Crippen LogP contribution is -2.26. The Labute approximate surface area is 108 Å². The van der Waals surface area contributed by atoms with Crippen LogP contribution in [0.2, 0.25) is 5.02 Å². The van der Waals surface area contributed by atoms with Gasteiger partial charge in [0, 0.05) is 12.2 Å². The van der Waals surface area contributed by atoms with E-state index < -0.39 is 0 Å². The molecule has 17 heavy (non-hydrogen) atoms. The highest BCUT2D eigenvalue weighted by atomic mass is 35.5. The van der Waals surface area contributed by atoms with Crippen LogP contribution >= 0.6 is 11.6 Å². The molecule has 0 radical (unpaired) electrons. The zero-order valence-corrected chi connectivity index (χ0v) is 11.0. The molecule has 1 heterocycles. The Morgan fingerprint density at radius 1 is 1.41 bits per heavy atom. The van der Waals surface area contributed by atoms with Gasteiger partial charge in [-0.25, -0.2) is 4.98 Å². The number of hydrogen-bond donors (Lipinski definition) is 2. The Bertz CT molecular complexity index is 381. The highest BCUT2D eigenvalue weighted by molar-refractivity contribution is 6.30. The van der Waals surface area contributed by atoms with Crippen molar-refractivity contribution in [3.05, 3.63) is 22.8 Å². The first-order valence-electron chi connectivity index (χ1n) is 6.29. The summed E-state index contributed by atoms with van der Waals surface area (Å²) in [5.41, 5.74) is 7.09. The number of hydrogen-bond acceptors (Lipinski definition) is 3. The first-order chi connectivity index (χ1) is 8.20. The maximum Gasteiger partial charge on any atom is 0.126 e. The first-order valence-corrected chi connectivity index (χ1v) is 6.66. The van der Waals surface area contributed by atoms with Crippen molar-refractivity contribution in [1.82, 2.24) is 10.3 Å². The van der Waals surface area contributed by atoms with E-state index in [1.54, 1.807) is 6.20 Å². The van der Waals surface area contributed by atoms with E-state index >= 15 is 0 Å². The van der Waals surface area contributed by atoms with E-state index in [0.717, 1.165) is 12.0 Å². The first kappa shape index (κ1) is 12.7. The average molecular weight is 254 g/mol. The molecule has 2 unspecified atom stereocenters. The Morgan fingerprint density at radius 2 is 2.18 bits per heavy atom. The normalized spacial score (nSPS) is 25.5. The van der Waals surface area contributed by atoms with E-state index in [1.807, 2.05) is 13.1 Å². The van der Waals surface area contributed by atoms with Crippen LogP contribution in [0.1, 0.15) is 43.6 Å². The maximum atomic E-state index is 6.01. The van der Waals surface area contributed by atoms with Gasteiger partial charge in [0.05, 0.1) is 5.02 Å². The smallest absolute Gasteiger partial charge is 0.126 e. The summed E-state index contributed by atoms with van der Waals surface area (Å²) in [6.07, 6.45) is 7.73. The summed E-state index contributed by atoms with van der Waals surface area (Å²) in [7, 11) is 2.03. The quantitative estimate of drug-likeness (QED) is 0.797. The molecule has 2 atom stereocenters. The van der Waals surface area contributed by atoms with Gasteiger partial charge in [-0.3, -0.25) is 0 Å². The molecule has 4 heteroatoms. The molecule has 3 N–H and O–H groups in total. The molecule has 0 aromatic carbocycles. The second-order valence-electron chi connectivity index (χ2n) is 4.83. The minimum absolute atomic E-state index is 0.487. The Balaban J connectivity index is 2.21. The van der Waals surface area contributed by atoms with Crippen molar-refractivity contribution >= 4 is 17.4 Å². The van der Waals surface area contributed by atoms with E-state index in [1.165, 1.54) is 25.7 Å². The van der Waals surface area contributed by atoms with Crippen LogP contribution in [-0.4, -0.2) is 18.1 Å². The highest BCUT2D eigenvalue weighted by Crippen LogP contribution is 2.34. The topological polar surface area (TPSA) is 50.9 Å². The van der Waals surface area contributed by atoms with Crippen LogP contribution in [0.15, 0.2) is 12.3 Å². The Hall–Kier alpha value is -0.800. The molecule has 0 spiro atoms. The van der Waals surface area contributed by atoms with Crippen LogP contribution in [0.5, 0.6) is 0 Å². The summed E-state index contributed by atoms with van der Waals surface area (Å²) in [6.45, 7) is 0. The second-order valence-corrected chi connectivity index (χ2v) is 5.27. The predicted octanol–water partition coefficient (Wildman–Crippen LogP) is 2.95. The lowest BCUT2D eigenvalue weighted by molar-refractivity contribution is 0.471. The van der Waals surface area contributed by atoms with E-state index in [-0.39, 0.29) is 0 Å². The Kier molecular flexibility index (Phi) is 4.24. The minimum atomic E-state index is 0.487. The standard InChI is InChI=1S/C13H20ClN3/c1-16-11-5-3-2-4-9(6-11)12-7-10(14)8-17-13(12)15/h7-9,11,16H,2-6H2,1H3,(H2,15,17). The van der Waals surface area contributed by atoms with Gasteiger partial charge in [-0.05, 0) is 43.9 Å². The van der Waals surface area contributed by atoms with Crippen molar-refractivity contribution in [2.24, 2.45) is 0 Å². The monoisotopic (exact) mass is 253 g/mol. The third-order valence-corrected chi connectivity index (χ3v) is 3.90. The number of nitrogens with two attached hydrogens (primary N) is 1. The predicted molar refractivity (Wildman–Crippen MR) is 72.3 cm³/mol. The van der Waals surface area contributed by atoms with E-state index in [2.05, 4.69) is 10.3 Å². The zero-order chi connectivity index (χ0) is 12.3. The van der Waals surface area contributed by atoms with Crippen LogP contribution in [0.25, 0.3) is 0 Å². The molecule has 1 fully saturated rings. The summed E-state index contributed by atoms with van der Waals surface area (Å²) in [5.74, 6) is 1.12. The van der Waals surface area contributed by atoms with Crippen molar-refractivity contribution < 1.29 is 0 Å². The van der Waals surface area contributed by atoms with Crippen LogP contribution < -0.4 is 11.1 Å². The Morgan fingerprint density at radius 3 is 2.94 bits per heavy atom. The number of anilines is 1. The van der Waals surface area contributed by atoms with E-state index in [0.29, 0.717) is 22.8 Å². The second kappa shape index (κ2) is 5.69. The summed E-state index contributed by atoms with van der Waals surface area (Å²) < 4.78 is 0. The number of aromatic nitrogens is 1. The minimum Gasteiger partial charge on any atom is -0.383 e. The molecule has 94 valence electrons. The van der Waals surface area contributed by atoms with Crippen molar-refractivity contribution in [3.63, 3.8) is 0 Å². The zero-order valence-electron chi connectivity index (χ0n) is 10.2. The number of nitrogens with zero attached hydrogens (tertiary/aromatic N) is 1. The van der Waals surface area contributed by atoms with Crippen molar-refractivity contribution in [1.29, 1.82) is 0 Å². The molecule has 0 bridgehead atoms. The fourth-order valence-corrected chi connectivity index (χ4v) is 2.86. The van der Waals surface area contributed by atoms with Crippen molar-refractivity contribution in [2.75, 3.05) is 12.8 Å². The fourth-order valence-electron chi connectivity index (χ4n) is 2.70. The van der Waals surface area contributed by atoms with Crippen LogP contribution in [0, 0.1) is 0 Å². The highest BCUT2D eigenvalue weighted by Gasteiger charge is 2.22. The van der Waals surface area contributed by atoms with Gasteiger partial charge in [0.15, 0.2) is 0 Å². The van der Waals surface area contributed by atoms with Crippen LogP contribution in [-0.2, 0) is 0 Å². The maximum absolute atomic E-state index is 6.01. The number of pyridine rings is 1. The van der Waals surface area contributed by atoms with Crippen LogP contribution in [0.4, 0.5) is 5.82 Å². The molecule has 2 rings (SSSR count). The van der Waals surface area contributed by atoms with Gasteiger partial charge in [0.25, 0.3) is 0 Å². The SMILES string of the molecule is CNC1CCCCC(c2cc(Cl)cnc2N)C1. The van der Waals surface area contributed by atoms with E-state index in [4.69, 9.17) is 17.3 Å². The molecule has 0 saturated heterocycles. The third kappa shape index (κ3) is 3.11. The number of halogens is 1. The van der Waals surface area contributed by atoms with Gasteiger partial charge in [-0.15, -0.1) is 0 Å². The number of nitrogens with one attached hydrogen (secondary N) is 1. The largest absolute Gasteiger partial charge is 0.383 e. The van der Waals surface area contributed by atoms with Gasteiger partial charge in [0.1, 0.15) is 5.82 Å². The summed E-state index contributed by atoms with van der Waals surface area (Å²) >= 11 is 6.01. The number of nitrogen functional groups attached to an aromatic ring is 1. The summed E-state index contributed by atoms with van der Waals surface area (Å²) in [4.78, 5) is 4.16. The number of rotatable bonds is 2. The third-order valence-electron chi connectivity index (χ3n) is 3.69. The average Bonchev–Trinajstić information content (AvgIpc) is 2.57. The van der Waals surface area contributed by atoms with E-state index in [9.17, 15) is 0 Å². The van der Waals surface area contributed by atoms with Crippen molar-refractivity contribution in [3.8, 4) is 0 Å². The molecule has 1 aromatic heterocycles. The molecular formula is C13H20ClN3. The fraction of sp³-hybridized carbons (Fsp3) is 0.615. The lowest BCUT2D eigenvalue weighted by atomic mass is 9.90. The van der Waals surface area contributed by atoms with Gasteiger partial charge in [-0.2, -0.15) is 0 Å². The molecule has 1 aliphatic carbocycles. The molecule has 1 aromatic rings. The summed E-state index contributed by atoms with van der Waals surface area (Å²) in [5, 5.41) is 4.06. The molecule has 1 aliphatic rings. The molecule has 0 aliphatic heterocycles. The molecular weight excluding hydrogens is 234 g/mol. The molecule has 0 amide bonds. The molecule has 1 saturated carbocycles. The van der Waals surface area contributed by atoms with Crippen molar-refractivity contribution in [2.45, 2.75) is 44.1 Å². The molecule has 3 nitrogen and oxygen atoms in total. The van der Waals surface area contributed by atoms with Gasteiger partial charge in [0.2, 0.25) is 0 Å². The van der Waals surface area contributed by atoms with Gasteiger partial charge in [-0.1, -0.05) is 24.4 Å². The van der Waals surface area contributed by atoms with Gasteiger partial charge >= 0.3 is 0 Å². The van der Waals surface area contributed by atoms with Crippen LogP contribution in [0.3, 0.4) is 0 Å².